The number of aromatic carboxylic acids is 1. The third-order valence-corrected chi connectivity index (χ3v) is 2.98. The van der Waals surface area contributed by atoms with Crippen LogP contribution in [0.3, 0.4) is 0 Å². The van der Waals surface area contributed by atoms with Gasteiger partial charge in [-0.3, -0.25) is 0 Å². The largest absolute Gasteiger partial charge is 0.478 e. The molecule has 0 spiro atoms. The van der Waals surface area contributed by atoms with Crippen molar-refractivity contribution in [2.24, 2.45) is 0 Å². The number of halogens is 1. The van der Waals surface area contributed by atoms with Crippen LogP contribution in [-0.2, 0) is 13.0 Å². The molecule has 20 heavy (non-hydrogen) atoms. The van der Waals surface area contributed by atoms with Crippen molar-refractivity contribution in [2.45, 2.75) is 13.0 Å². The van der Waals surface area contributed by atoms with Gasteiger partial charge in [-0.25, -0.2) is 9.18 Å². The summed E-state index contributed by atoms with van der Waals surface area (Å²) in [6.45, 7) is 1.30. The number of hydrogen-bond acceptors (Lipinski definition) is 2. The minimum absolute atomic E-state index is 0.225. The van der Waals surface area contributed by atoms with Crippen LogP contribution in [0.1, 0.15) is 21.5 Å². The summed E-state index contributed by atoms with van der Waals surface area (Å²) in [5.41, 5.74) is 2.15. The molecule has 0 radical (unpaired) electrons. The fourth-order valence-electron chi connectivity index (χ4n) is 1.97. The number of carboxylic acid groups (broad SMARTS) is 1. The first-order valence-electron chi connectivity index (χ1n) is 6.42. The Morgan fingerprint density at radius 3 is 2.60 bits per heavy atom. The molecule has 0 saturated carbocycles. The molecule has 0 aliphatic carbocycles. The average Bonchev–Trinajstić information content (AvgIpc) is 2.44. The molecule has 2 aromatic carbocycles. The van der Waals surface area contributed by atoms with E-state index in [4.69, 9.17) is 5.11 Å². The predicted molar refractivity (Wildman–Crippen MR) is 75.2 cm³/mol. The second-order valence-electron chi connectivity index (χ2n) is 4.56. The third kappa shape index (κ3) is 4.17. The maximum absolute atomic E-state index is 13.0. The van der Waals surface area contributed by atoms with Gasteiger partial charge in [-0.2, -0.15) is 0 Å². The van der Waals surface area contributed by atoms with Crippen molar-refractivity contribution in [3.05, 3.63) is 71.0 Å². The topological polar surface area (TPSA) is 49.3 Å². The summed E-state index contributed by atoms with van der Waals surface area (Å²) in [4.78, 5) is 10.8. The molecule has 0 saturated heterocycles. The number of hydrogen-bond donors (Lipinski definition) is 2. The molecule has 0 atom stereocenters. The molecule has 0 aromatic heterocycles. The van der Waals surface area contributed by atoms with E-state index >= 15 is 0 Å². The first-order chi connectivity index (χ1) is 9.65. The molecule has 4 heteroatoms. The minimum atomic E-state index is -0.924. The smallest absolute Gasteiger partial charge is 0.335 e. The van der Waals surface area contributed by atoms with Crippen molar-refractivity contribution in [2.75, 3.05) is 6.54 Å². The SMILES string of the molecule is O=C(O)c1cccc(CNCCc2cccc(F)c2)c1. The van der Waals surface area contributed by atoms with E-state index in [2.05, 4.69) is 5.32 Å². The average molecular weight is 273 g/mol. The normalized spacial score (nSPS) is 10.4. The summed E-state index contributed by atoms with van der Waals surface area (Å²) in [5, 5.41) is 12.1. The monoisotopic (exact) mass is 273 g/mol. The Balaban J connectivity index is 1.81. The first kappa shape index (κ1) is 14.2. The Morgan fingerprint density at radius 2 is 1.85 bits per heavy atom. The summed E-state index contributed by atoms with van der Waals surface area (Å²) in [6.07, 6.45) is 0.733. The molecule has 0 amide bonds. The van der Waals surface area contributed by atoms with Crippen molar-refractivity contribution in [3.8, 4) is 0 Å². The van der Waals surface area contributed by atoms with E-state index in [-0.39, 0.29) is 11.4 Å². The van der Waals surface area contributed by atoms with Crippen molar-refractivity contribution < 1.29 is 14.3 Å². The molecule has 2 N–H and O–H groups in total. The Hall–Kier alpha value is -2.20. The fraction of sp³-hybridized carbons (Fsp3) is 0.188. The van der Waals surface area contributed by atoms with Crippen molar-refractivity contribution in [1.82, 2.24) is 5.32 Å². The van der Waals surface area contributed by atoms with Gasteiger partial charge in [0, 0.05) is 6.54 Å². The van der Waals surface area contributed by atoms with Gasteiger partial charge in [0.1, 0.15) is 5.82 Å². The molecular weight excluding hydrogens is 257 g/mol. The zero-order valence-corrected chi connectivity index (χ0v) is 11.0. The van der Waals surface area contributed by atoms with E-state index in [1.54, 1.807) is 24.3 Å². The maximum atomic E-state index is 13.0. The first-order valence-corrected chi connectivity index (χ1v) is 6.42. The van der Waals surface area contributed by atoms with Crippen LogP contribution in [0.5, 0.6) is 0 Å². The molecular formula is C16H16FNO2. The summed E-state index contributed by atoms with van der Waals surface area (Å²) in [6, 6.07) is 13.3. The summed E-state index contributed by atoms with van der Waals surface area (Å²) in [7, 11) is 0. The lowest BCUT2D eigenvalue weighted by molar-refractivity contribution is 0.0696. The minimum Gasteiger partial charge on any atom is -0.478 e. The highest BCUT2D eigenvalue weighted by molar-refractivity contribution is 5.87. The second kappa shape index (κ2) is 6.82. The van der Waals surface area contributed by atoms with Gasteiger partial charge in [0.25, 0.3) is 0 Å². The van der Waals surface area contributed by atoms with Crippen LogP contribution in [0, 0.1) is 5.82 Å². The number of carbonyl (C=O) groups is 1. The van der Waals surface area contributed by atoms with Gasteiger partial charge in [-0.1, -0.05) is 24.3 Å². The van der Waals surface area contributed by atoms with Gasteiger partial charge in [0.2, 0.25) is 0 Å². The third-order valence-electron chi connectivity index (χ3n) is 2.98. The lowest BCUT2D eigenvalue weighted by atomic mass is 10.1. The summed E-state index contributed by atoms with van der Waals surface area (Å²) in [5.74, 6) is -1.15. The van der Waals surface area contributed by atoms with Crippen molar-refractivity contribution in [3.63, 3.8) is 0 Å². The molecule has 0 unspecified atom stereocenters. The highest BCUT2D eigenvalue weighted by Crippen LogP contribution is 2.06. The van der Waals surface area contributed by atoms with E-state index in [0.717, 1.165) is 17.5 Å². The summed E-state index contributed by atoms with van der Waals surface area (Å²) < 4.78 is 13.0. The van der Waals surface area contributed by atoms with E-state index in [1.165, 1.54) is 12.1 Å². The standard InChI is InChI=1S/C16H16FNO2/c17-15-6-2-3-12(10-15)7-8-18-11-13-4-1-5-14(9-13)16(19)20/h1-6,9-10,18H,7-8,11H2,(H,19,20). The molecule has 3 nitrogen and oxygen atoms in total. The molecule has 0 fully saturated rings. The van der Waals surface area contributed by atoms with E-state index in [0.29, 0.717) is 13.1 Å². The Kier molecular flexibility index (Phi) is 4.85. The number of nitrogens with one attached hydrogen (secondary N) is 1. The van der Waals surface area contributed by atoms with E-state index < -0.39 is 5.97 Å². The molecule has 0 aliphatic rings. The number of carboxylic acids is 1. The van der Waals surface area contributed by atoms with Gasteiger partial charge < -0.3 is 10.4 Å². The molecule has 2 rings (SSSR count). The van der Waals surface area contributed by atoms with Gasteiger partial charge in [-0.15, -0.1) is 0 Å². The van der Waals surface area contributed by atoms with Crippen LogP contribution in [-0.4, -0.2) is 17.6 Å². The highest BCUT2D eigenvalue weighted by atomic mass is 19.1. The Morgan fingerprint density at radius 1 is 1.10 bits per heavy atom. The number of rotatable bonds is 6. The molecule has 0 aliphatic heterocycles. The molecule has 104 valence electrons. The van der Waals surface area contributed by atoms with Crippen molar-refractivity contribution >= 4 is 5.97 Å². The lowest BCUT2D eigenvalue weighted by Crippen LogP contribution is -2.17. The Labute approximate surface area is 117 Å². The van der Waals surface area contributed by atoms with E-state index in [1.807, 2.05) is 12.1 Å². The van der Waals surface area contributed by atoms with Crippen LogP contribution in [0.25, 0.3) is 0 Å². The zero-order valence-electron chi connectivity index (χ0n) is 11.0. The molecule has 0 heterocycles. The van der Waals surface area contributed by atoms with Crippen LogP contribution in [0.15, 0.2) is 48.5 Å². The van der Waals surface area contributed by atoms with Crippen LogP contribution >= 0.6 is 0 Å². The maximum Gasteiger partial charge on any atom is 0.335 e. The molecule has 2 aromatic rings. The van der Waals surface area contributed by atoms with Gasteiger partial charge >= 0.3 is 5.97 Å². The Bertz CT molecular complexity index is 599. The fourth-order valence-corrected chi connectivity index (χ4v) is 1.97. The molecule has 0 bridgehead atoms. The highest BCUT2D eigenvalue weighted by Gasteiger charge is 2.02. The lowest BCUT2D eigenvalue weighted by Gasteiger charge is -2.06. The van der Waals surface area contributed by atoms with Crippen LogP contribution < -0.4 is 5.32 Å². The van der Waals surface area contributed by atoms with Crippen LogP contribution in [0.4, 0.5) is 4.39 Å². The predicted octanol–water partition coefficient (Wildman–Crippen LogP) is 2.86. The van der Waals surface area contributed by atoms with Crippen molar-refractivity contribution in [1.29, 1.82) is 0 Å². The quantitative estimate of drug-likeness (QED) is 0.796. The zero-order chi connectivity index (χ0) is 14.4. The number of benzene rings is 2. The van der Waals surface area contributed by atoms with Crippen LogP contribution in [0.2, 0.25) is 0 Å². The van der Waals surface area contributed by atoms with Gasteiger partial charge in [0.15, 0.2) is 0 Å². The summed E-state index contributed by atoms with van der Waals surface area (Å²) >= 11 is 0. The second-order valence-corrected chi connectivity index (χ2v) is 4.56. The van der Waals surface area contributed by atoms with E-state index in [9.17, 15) is 9.18 Å². The van der Waals surface area contributed by atoms with Gasteiger partial charge in [0.05, 0.1) is 5.56 Å². The van der Waals surface area contributed by atoms with Gasteiger partial charge in [-0.05, 0) is 48.4 Å².